The van der Waals surface area contributed by atoms with E-state index in [1.165, 1.54) is 0 Å². The van der Waals surface area contributed by atoms with Gasteiger partial charge in [0.1, 0.15) is 0 Å². The third-order valence-corrected chi connectivity index (χ3v) is 5.16. The van der Waals surface area contributed by atoms with Crippen LogP contribution in [0.25, 0.3) is 0 Å². The number of nitrogens with one attached hydrogen (secondary N) is 1. The summed E-state index contributed by atoms with van der Waals surface area (Å²) in [7, 11) is 0. The molecule has 0 saturated carbocycles. The zero-order chi connectivity index (χ0) is 19.3. The van der Waals surface area contributed by atoms with Crippen LogP contribution in [0, 0.1) is 0 Å². The Labute approximate surface area is 164 Å². The molecule has 8 nitrogen and oxygen atoms in total. The largest absolute Gasteiger partial charge is 0.337 e. The minimum Gasteiger partial charge on any atom is -0.337 e. The third-order valence-electron chi connectivity index (χ3n) is 5.16. The van der Waals surface area contributed by atoms with Crippen LogP contribution in [-0.2, 0) is 11.3 Å². The molecular formula is C20H24N6O2. The van der Waals surface area contributed by atoms with Gasteiger partial charge in [0.2, 0.25) is 11.9 Å². The molecule has 2 aromatic rings. The molecule has 1 atom stereocenters. The summed E-state index contributed by atoms with van der Waals surface area (Å²) in [6.45, 7) is 3.75. The Morgan fingerprint density at radius 2 is 1.75 bits per heavy atom. The minimum absolute atomic E-state index is 0.0835. The van der Waals surface area contributed by atoms with Gasteiger partial charge >= 0.3 is 6.03 Å². The molecule has 2 saturated heterocycles. The number of benzene rings is 1. The van der Waals surface area contributed by atoms with E-state index < -0.39 is 0 Å². The number of piperazine rings is 1. The Kier molecular flexibility index (Phi) is 5.36. The van der Waals surface area contributed by atoms with Gasteiger partial charge in [0.05, 0.1) is 6.04 Å². The minimum atomic E-state index is -0.140. The molecule has 1 aromatic carbocycles. The van der Waals surface area contributed by atoms with E-state index >= 15 is 0 Å². The molecule has 3 amide bonds. The zero-order valence-electron chi connectivity index (χ0n) is 15.7. The van der Waals surface area contributed by atoms with Gasteiger partial charge in [-0.15, -0.1) is 0 Å². The average Bonchev–Trinajstić information content (AvgIpc) is 3.08. The van der Waals surface area contributed by atoms with E-state index in [9.17, 15) is 9.59 Å². The number of carbonyl (C=O) groups excluding carboxylic acids is 2. The standard InChI is InChI=1S/C20H24N6O2/c27-18-13-17(15-26(18)14-16-5-2-1-3-6-16)23-20(28)25-11-9-24(10-12-25)19-21-7-4-8-22-19/h1-8,17H,9-15H2,(H,23,28). The highest BCUT2D eigenvalue weighted by Crippen LogP contribution is 2.16. The predicted octanol–water partition coefficient (Wildman–Crippen LogP) is 1.11. The fourth-order valence-corrected chi connectivity index (χ4v) is 3.66. The fraction of sp³-hybridized carbons (Fsp3) is 0.400. The Balaban J connectivity index is 1.26. The second-order valence-corrected chi connectivity index (χ2v) is 7.13. The van der Waals surface area contributed by atoms with E-state index in [0.717, 1.165) is 5.56 Å². The van der Waals surface area contributed by atoms with E-state index in [0.29, 0.717) is 51.6 Å². The predicted molar refractivity (Wildman–Crippen MR) is 105 cm³/mol. The van der Waals surface area contributed by atoms with Gasteiger partial charge in [-0.05, 0) is 11.6 Å². The smallest absolute Gasteiger partial charge is 0.317 e. The van der Waals surface area contributed by atoms with Crippen molar-refractivity contribution in [1.29, 1.82) is 0 Å². The Bertz CT molecular complexity index is 808. The molecule has 1 unspecified atom stereocenters. The zero-order valence-corrected chi connectivity index (χ0v) is 15.7. The maximum atomic E-state index is 12.6. The maximum Gasteiger partial charge on any atom is 0.317 e. The van der Waals surface area contributed by atoms with Crippen molar-refractivity contribution in [2.75, 3.05) is 37.6 Å². The lowest BCUT2D eigenvalue weighted by Gasteiger charge is -2.35. The van der Waals surface area contributed by atoms with E-state index in [1.54, 1.807) is 23.4 Å². The lowest BCUT2D eigenvalue weighted by Crippen LogP contribution is -2.54. The number of amides is 3. The molecule has 2 aliphatic rings. The first-order valence-corrected chi connectivity index (χ1v) is 9.58. The van der Waals surface area contributed by atoms with Crippen LogP contribution in [0.2, 0.25) is 0 Å². The molecule has 0 aliphatic carbocycles. The number of aromatic nitrogens is 2. The van der Waals surface area contributed by atoms with E-state index in [4.69, 9.17) is 0 Å². The van der Waals surface area contributed by atoms with Crippen molar-refractivity contribution in [2.45, 2.75) is 19.0 Å². The summed E-state index contributed by atoms with van der Waals surface area (Å²) in [6, 6.07) is 11.5. The summed E-state index contributed by atoms with van der Waals surface area (Å²) in [5, 5.41) is 3.02. The summed E-state index contributed by atoms with van der Waals surface area (Å²) in [5.41, 5.74) is 1.10. The normalized spacial score (nSPS) is 19.8. The number of hydrogen-bond acceptors (Lipinski definition) is 5. The molecule has 3 heterocycles. The second-order valence-electron chi connectivity index (χ2n) is 7.13. The van der Waals surface area contributed by atoms with Gasteiger partial charge in [-0.1, -0.05) is 30.3 Å². The van der Waals surface area contributed by atoms with Crippen LogP contribution in [0.4, 0.5) is 10.7 Å². The van der Waals surface area contributed by atoms with Gasteiger partial charge in [-0.25, -0.2) is 14.8 Å². The quantitative estimate of drug-likeness (QED) is 0.859. The van der Waals surface area contributed by atoms with Crippen LogP contribution >= 0.6 is 0 Å². The highest BCUT2D eigenvalue weighted by atomic mass is 16.2. The van der Waals surface area contributed by atoms with Crippen molar-refractivity contribution < 1.29 is 9.59 Å². The first-order chi connectivity index (χ1) is 13.7. The number of hydrogen-bond donors (Lipinski definition) is 1. The van der Waals surface area contributed by atoms with Crippen molar-refractivity contribution in [3.8, 4) is 0 Å². The summed E-state index contributed by atoms with van der Waals surface area (Å²) >= 11 is 0. The monoisotopic (exact) mass is 380 g/mol. The topological polar surface area (TPSA) is 81.7 Å². The molecule has 28 heavy (non-hydrogen) atoms. The molecule has 2 aliphatic heterocycles. The van der Waals surface area contributed by atoms with Crippen LogP contribution in [0.15, 0.2) is 48.8 Å². The molecule has 8 heteroatoms. The number of rotatable bonds is 4. The second kappa shape index (κ2) is 8.24. The van der Waals surface area contributed by atoms with Crippen LogP contribution in [0.5, 0.6) is 0 Å². The van der Waals surface area contributed by atoms with Gasteiger partial charge in [0.25, 0.3) is 0 Å². The van der Waals surface area contributed by atoms with Crippen LogP contribution in [0.1, 0.15) is 12.0 Å². The van der Waals surface area contributed by atoms with Crippen molar-refractivity contribution in [3.05, 3.63) is 54.4 Å². The molecule has 0 radical (unpaired) electrons. The maximum absolute atomic E-state index is 12.6. The van der Waals surface area contributed by atoms with Crippen molar-refractivity contribution in [1.82, 2.24) is 25.1 Å². The van der Waals surface area contributed by atoms with Crippen LogP contribution in [-0.4, -0.2) is 70.5 Å². The highest BCUT2D eigenvalue weighted by Gasteiger charge is 2.32. The summed E-state index contributed by atoms with van der Waals surface area (Å²) < 4.78 is 0. The first kappa shape index (κ1) is 18.2. The molecule has 1 N–H and O–H groups in total. The van der Waals surface area contributed by atoms with E-state index in [2.05, 4.69) is 20.2 Å². The van der Waals surface area contributed by atoms with Gasteiger partial charge in [-0.3, -0.25) is 4.79 Å². The van der Waals surface area contributed by atoms with Crippen molar-refractivity contribution in [3.63, 3.8) is 0 Å². The summed E-state index contributed by atoms with van der Waals surface area (Å²) in [4.78, 5) is 39.1. The van der Waals surface area contributed by atoms with Gasteiger partial charge in [-0.2, -0.15) is 0 Å². The van der Waals surface area contributed by atoms with Crippen molar-refractivity contribution >= 4 is 17.9 Å². The van der Waals surface area contributed by atoms with Gasteiger partial charge in [0.15, 0.2) is 0 Å². The lowest BCUT2D eigenvalue weighted by molar-refractivity contribution is -0.128. The number of anilines is 1. The molecule has 4 rings (SSSR count). The molecule has 0 bridgehead atoms. The number of carbonyl (C=O) groups is 2. The third kappa shape index (κ3) is 4.21. The Morgan fingerprint density at radius 1 is 1.04 bits per heavy atom. The lowest BCUT2D eigenvalue weighted by atomic mass is 10.2. The molecular weight excluding hydrogens is 356 g/mol. The Hall–Kier alpha value is -3.16. The number of urea groups is 1. The van der Waals surface area contributed by atoms with Crippen molar-refractivity contribution in [2.24, 2.45) is 0 Å². The van der Waals surface area contributed by atoms with E-state index in [1.807, 2.05) is 35.2 Å². The Morgan fingerprint density at radius 3 is 2.46 bits per heavy atom. The summed E-state index contributed by atoms with van der Waals surface area (Å²) in [5.74, 6) is 0.778. The molecule has 2 fully saturated rings. The number of nitrogens with zero attached hydrogens (tertiary/aromatic N) is 5. The summed E-state index contributed by atoms with van der Waals surface area (Å²) in [6.07, 6.45) is 3.80. The number of likely N-dealkylation sites (tertiary alicyclic amines) is 1. The van der Waals surface area contributed by atoms with E-state index in [-0.39, 0.29) is 18.0 Å². The SMILES string of the molecule is O=C1CC(NC(=O)N2CCN(c3ncccn3)CC2)CN1Cc1ccccc1. The van der Waals surface area contributed by atoms with Gasteiger partial charge < -0.3 is 20.0 Å². The van der Waals surface area contributed by atoms with Crippen LogP contribution < -0.4 is 10.2 Å². The molecule has 146 valence electrons. The van der Waals surface area contributed by atoms with Gasteiger partial charge in [0, 0.05) is 58.1 Å². The highest BCUT2D eigenvalue weighted by molar-refractivity contribution is 5.81. The molecule has 0 spiro atoms. The fourth-order valence-electron chi connectivity index (χ4n) is 3.66. The molecule has 1 aromatic heterocycles. The first-order valence-electron chi connectivity index (χ1n) is 9.58. The average molecular weight is 380 g/mol. The van der Waals surface area contributed by atoms with Crippen LogP contribution in [0.3, 0.4) is 0 Å².